The summed E-state index contributed by atoms with van der Waals surface area (Å²) in [5, 5.41) is 0. The molecule has 50 heavy (non-hydrogen) atoms. The van der Waals surface area contributed by atoms with Gasteiger partial charge in [-0.3, -0.25) is 0 Å². The maximum Gasteiger partial charge on any atom is 0.460 e. The van der Waals surface area contributed by atoms with Crippen molar-refractivity contribution in [2.75, 3.05) is 0 Å². The zero-order valence-electron chi connectivity index (χ0n) is 20.9. The van der Waals surface area contributed by atoms with Gasteiger partial charge >= 0.3 is 95.3 Å². The second-order valence-electron chi connectivity index (χ2n) is 9.04. The van der Waals surface area contributed by atoms with Crippen molar-refractivity contribution in [1.29, 1.82) is 0 Å². The molecule has 0 fully saturated rings. The SMILES string of the molecule is FC(F)(F)C(F)(F)C(F)(F)C(F)(F)C(F)(F)C(F)(F)C(F)(F)C(F)(F)C(F)(F)C(F)(F)C(F)(F)C(F)(F)C(F)(F)C(F)(F)C(F)(F)C(F)(F)F. The molecule has 0 heterocycles. The fraction of sp³-hybridized carbons (Fsp3) is 1.00. The maximum atomic E-state index is 13.7. The number of halogens is 34. The van der Waals surface area contributed by atoms with Gasteiger partial charge in [0.15, 0.2) is 0 Å². The molecule has 0 aromatic heterocycles. The Morgan fingerprint density at radius 3 is 0.220 bits per heavy atom. The van der Waals surface area contributed by atoms with Crippen LogP contribution in [0.2, 0.25) is 0 Å². The van der Waals surface area contributed by atoms with E-state index in [9.17, 15) is 149 Å². The standard InChI is InChI=1S/C16F34/c17-1(18,3(21,22)5(25,26)7(29,30)9(33,34)11(37,38)13(41,42)15(45,46)47)2(19,20)4(23,24)6(27,28)8(31,32)10(35,36)12(39,40)14(43,44)16(48,49)50. The lowest BCUT2D eigenvalue weighted by molar-refractivity contribution is -0.492. The zero-order chi connectivity index (χ0) is 42.0. The first kappa shape index (κ1) is 47.6. The van der Waals surface area contributed by atoms with E-state index in [1.54, 1.807) is 0 Å². The third kappa shape index (κ3) is 5.16. The van der Waals surface area contributed by atoms with Gasteiger partial charge in [-0.05, 0) is 0 Å². The van der Waals surface area contributed by atoms with Gasteiger partial charge in [0.2, 0.25) is 0 Å². The Kier molecular flexibility index (Phi) is 10.5. The highest BCUT2D eigenvalue weighted by molar-refractivity contribution is 5.21. The van der Waals surface area contributed by atoms with E-state index < -0.39 is 95.3 Å². The van der Waals surface area contributed by atoms with Crippen LogP contribution in [0.4, 0.5) is 149 Å². The molecule has 0 rings (SSSR count). The molecule has 0 aliphatic carbocycles. The van der Waals surface area contributed by atoms with Crippen molar-refractivity contribution in [1.82, 2.24) is 0 Å². The van der Waals surface area contributed by atoms with Gasteiger partial charge in [0.05, 0.1) is 0 Å². The third-order valence-corrected chi connectivity index (χ3v) is 5.84. The highest BCUT2D eigenvalue weighted by Crippen LogP contribution is 2.69. The molecule has 0 nitrogen and oxygen atoms in total. The van der Waals surface area contributed by atoms with Crippen molar-refractivity contribution < 1.29 is 149 Å². The lowest BCUT2D eigenvalue weighted by Gasteiger charge is -2.46. The minimum absolute atomic E-state index is 8.40. The molecule has 34 heteroatoms. The largest absolute Gasteiger partial charge is 0.460 e. The minimum atomic E-state index is -10.2. The second-order valence-corrected chi connectivity index (χ2v) is 9.04. The van der Waals surface area contributed by atoms with E-state index in [2.05, 4.69) is 0 Å². The highest BCUT2D eigenvalue weighted by atomic mass is 19.4. The van der Waals surface area contributed by atoms with Crippen molar-refractivity contribution in [3.8, 4) is 0 Å². The number of hydrogen-bond donors (Lipinski definition) is 0. The van der Waals surface area contributed by atoms with Crippen LogP contribution in [-0.4, -0.2) is 95.3 Å². The fourth-order valence-electron chi connectivity index (χ4n) is 2.72. The summed E-state index contributed by atoms with van der Waals surface area (Å²) in [6.07, 6.45) is -16.8. The molecule has 302 valence electrons. The van der Waals surface area contributed by atoms with E-state index in [1.807, 2.05) is 0 Å². The van der Waals surface area contributed by atoms with Crippen LogP contribution in [0.1, 0.15) is 0 Å². The van der Waals surface area contributed by atoms with Gasteiger partial charge < -0.3 is 0 Å². The van der Waals surface area contributed by atoms with Crippen LogP contribution in [0.25, 0.3) is 0 Å². The van der Waals surface area contributed by atoms with Crippen LogP contribution in [0.3, 0.4) is 0 Å². The van der Waals surface area contributed by atoms with Crippen molar-refractivity contribution in [3.05, 3.63) is 0 Å². The molecule has 0 radical (unpaired) electrons. The Morgan fingerprint density at radius 2 is 0.160 bits per heavy atom. The predicted octanol–water partition coefficient (Wildman–Crippen LogP) is 11.0. The summed E-state index contributed by atoms with van der Waals surface area (Å²) in [5.41, 5.74) is 0. The maximum absolute atomic E-state index is 13.7. The third-order valence-electron chi connectivity index (χ3n) is 5.84. The summed E-state index contributed by atoms with van der Waals surface area (Å²) >= 11 is 0. The Balaban J connectivity index is 7.70. The average Bonchev–Trinajstić information content (AvgIpc) is 2.85. The Bertz CT molecular complexity index is 1140. The summed E-state index contributed by atoms with van der Waals surface area (Å²) in [6, 6.07) is 0. The second kappa shape index (κ2) is 11.1. The van der Waals surface area contributed by atoms with Gasteiger partial charge in [0, 0.05) is 0 Å². The van der Waals surface area contributed by atoms with E-state index in [0.29, 0.717) is 0 Å². The lowest BCUT2D eigenvalue weighted by atomic mass is 9.83. The molecule has 0 unspecified atom stereocenters. The molecule has 0 spiro atoms. The molecule has 0 N–H and O–H groups in total. The monoisotopic (exact) mass is 838 g/mol. The molecule has 0 bridgehead atoms. The van der Waals surface area contributed by atoms with Crippen molar-refractivity contribution in [2.45, 2.75) is 95.3 Å². The number of alkyl halides is 34. The van der Waals surface area contributed by atoms with Crippen LogP contribution in [-0.2, 0) is 0 Å². The molecular weight excluding hydrogens is 838 g/mol. The van der Waals surface area contributed by atoms with Gasteiger partial charge in [-0.25, -0.2) is 0 Å². The Morgan fingerprint density at radius 1 is 0.100 bits per heavy atom. The lowest BCUT2D eigenvalue weighted by Crippen LogP contribution is -2.79. The van der Waals surface area contributed by atoms with Gasteiger partial charge in [-0.1, -0.05) is 0 Å². The van der Waals surface area contributed by atoms with Crippen LogP contribution >= 0.6 is 0 Å². The summed E-state index contributed by atoms with van der Waals surface area (Å²) < 4.78 is 446. The molecule has 0 atom stereocenters. The minimum Gasteiger partial charge on any atom is -0.192 e. The van der Waals surface area contributed by atoms with E-state index in [0.717, 1.165) is 0 Å². The van der Waals surface area contributed by atoms with Gasteiger partial charge in [0.25, 0.3) is 0 Å². The van der Waals surface area contributed by atoms with E-state index in [-0.39, 0.29) is 0 Å². The van der Waals surface area contributed by atoms with Crippen LogP contribution < -0.4 is 0 Å². The molecule has 0 saturated carbocycles. The van der Waals surface area contributed by atoms with Crippen molar-refractivity contribution in [2.24, 2.45) is 0 Å². The molecule has 0 aromatic carbocycles. The average molecular weight is 838 g/mol. The van der Waals surface area contributed by atoms with Crippen LogP contribution in [0, 0.1) is 0 Å². The molecule has 0 amide bonds. The van der Waals surface area contributed by atoms with Crippen LogP contribution in [0.5, 0.6) is 0 Å². The number of rotatable bonds is 13. The molecule has 0 aliphatic heterocycles. The molecule has 0 saturated heterocycles. The first-order valence-corrected chi connectivity index (χ1v) is 10.2. The highest BCUT2D eigenvalue weighted by Gasteiger charge is 3.02. The summed E-state index contributed by atoms with van der Waals surface area (Å²) in [7, 11) is 0. The Hall–Kier alpha value is -2.38. The van der Waals surface area contributed by atoms with Gasteiger partial charge in [-0.2, -0.15) is 149 Å². The topological polar surface area (TPSA) is 0 Å². The van der Waals surface area contributed by atoms with Gasteiger partial charge in [0.1, 0.15) is 0 Å². The van der Waals surface area contributed by atoms with Crippen molar-refractivity contribution in [3.63, 3.8) is 0 Å². The quantitative estimate of drug-likeness (QED) is 0.162. The van der Waals surface area contributed by atoms with E-state index in [4.69, 9.17) is 0 Å². The van der Waals surface area contributed by atoms with Gasteiger partial charge in [-0.15, -0.1) is 0 Å². The summed E-state index contributed by atoms with van der Waals surface area (Å²) in [6.45, 7) is 0. The normalized spacial score (nSPS) is 17.4. The number of hydrogen-bond acceptors (Lipinski definition) is 0. The summed E-state index contributed by atoms with van der Waals surface area (Å²) in [4.78, 5) is 0. The fourth-order valence-corrected chi connectivity index (χ4v) is 2.72. The van der Waals surface area contributed by atoms with E-state index in [1.165, 1.54) is 0 Å². The first-order valence-electron chi connectivity index (χ1n) is 10.2. The van der Waals surface area contributed by atoms with E-state index >= 15 is 0 Å². The Labute approximate surface area is 246 Å². The molecule has 0 aliphatic rings. The molecular formula is C16F34. The predicted molar refractivity (Wildman–Crippen MR) is 81.4 cm³/mol. The van der Waals surface area contributed by atoms with Crippen LogP contribution in [0.15, 0.2) is 0 Å². The van der Waals surface area contributed by atoms with Crippen molar-refractivity contribution >= 4 is 0 Å². The smallest absolute Gasteiger partial charge is 0.192 e. The summed E-state index contributed by atoms with van der Waals surface area (Å²) in [5.74, 6) is -137. The zero-order valence-corrected chi connectivity index (χ0v) is 20.9. The first-order chi connectivity index (χ1) is 20.8. The molecule has 0 aromatic rings.